The topological polar surface area (TPSA) is 42.0 Å². The highest BCUT2D eigenvalue weighted by Gasteiger charge is 2.12. The first-order valence-corrected chi connectivity index (χ1v) is 6.49. The molecule has 0 atom stereocenters. The second-order valence-electron chi connectivity index (χ2n) is 3.43. The van der Waals surface area contributed by atoms with Gasteiger partial charge in [0.15, 0.2) is 0 Å². The quantitative estimate of drug-likeness (QED) is 0.876. The molecular formula is C12H7BrCl2N2O. The Kier molecular flexibility index (Phi) is 4.22. The molecule has 1 amide bonds. The highest BCUT2D eigenvalue weighted by molar-refractivity contribution is 9.10. The number of pyridine rings is 1. The van der Waals surface area contributed by atoms with E-state index in [0.29, 0.717) is 25.8 Å². The van der Waals surface area contributed by atoms with E-state index < -0.39 is 0 Å². The van der Waals surface area contributed by atoms with Gasteiger partial charge in [0, 0.05) is 21.9 Å². The van der Waals surface area contributed by atoms with Gasteiger partial charge in [-0.05, 0) is 40.2 Å². The van der Waals surface area contributed by atoms with Crippen LogP contribution in [-0.4, -0.2) is 10.9 Å². The third-order valence-electron chi connectivity index (χ3n) is 2.19. The zero-order valence-corrected chi connectivity index (χ0v) is 12.1. The van der Waals surface area contributed by atoms with E-state index in [4.69, 9.17) is 23.2 Å². The normalized spacial score (nSPS) is 10.2. The van der Waals surface area contributed by atoms with Gasteiger partial charge in [-0.3, -0.25) is 9.78 Å². The summed E-state index contributed by atoms with van der Waals surface area (Å²) in [5.74, 6) is -0.323. The molecule has 0 unspecified atom stereocenters. The third-order valence-corrected chi connectivity index (χ3v) is 3.41. The summed E-state index contributed by atoms with van der Waals surface area (Å²) in [7, 11) is 0. The van der Waals surface area contributed by atoms with E-state index in [-0.39, 0.29) is 5.91 Å². The van der Waals surface area contributed by atoms with Gasteiger partial charge in [-0.15, -0.1) is 0 Å². The molecule has 2 aromatic rings. The van der Waals surface area contributed by atoms with Crippen LogP contribution in [0, 0.1) is 0 Å². The largest absolute Gasteiger partial charge is 0.321 e. The summed E-state index contributed by atoms with van der Waals surface area (Å²) in [6, 6.07) is 6.65. The Balaban J connectivity index is 2.24. The van der Waals surface area contributed by atoms with Gasteiger partial charge in [0.25, 0.3) is 5.91 Å². The van der Waals surface area contributed by atoms with Crippen LogP contribution in [0.5, 0.6) is 0 Å². The lowest BCUT2D eigenvalue weighted by Crippen LogP contribution is -2.13. The number of aromatic nitrogens is 1. The molecule has 1 N–H and O–H groups in total. The van der Waals surface area contributed by atoms with Crippen molar-refractivity contribution >= 4 is 50.7 Å². The summed E-state index contributed by atoms with van der Waals surface area (Å²) in [6.07, 6.45) is 2.94. The van der Waals surface area contributed by atoms with Gasteiger partial charge in [-0.1, -0.05) is 23.2 Å². The second-order valence-corrected chi connectivity index (χ2v) is 5.13. The SMILES string of the molecule is O=C(Nc1ccc(Cl)cc1Br)c1cnccc1Cl. The summed E-state index contributed by atoms with van der Waals surface area (Å²) in [6.45, 7) is 0. The monoisotopic (exact) mass is 344 g/mol. The molecule has 0 aliphatic carbocycles. The lowest BCUT2D eigenvalue weighted by atomic mass is 10.2. The fourth-order valence-corrected chi connectivity index (χ4v) is 2.30. The van der Waals surface area contributed by atoms with Gasteiger partial charge in [-0.25, -0.2) is 0 Å². The highest BCUT2D eigenvalue weighted by Crippen LogP contribution is 2.26. The number of nitrogens with one attached hydrogen (secondary N) is 1. The van der Waals surface area contributed by atoms with Crippen LogP contribution in [0.3, 0.4) is 0 Å². The zero-order chi connectivity index (χ0) is 13.1. The van der Waals surface area contributed by atoms with E-state index in [1.165, 1.54) is 12.4 Å². The first kappa shape index (κ1) is 13.3. The van der Waals surface area contributed by atoms with Crippen molar-refractivity contribution in [3.05, 3.63) is 56.7 Å². The van der Waals surface area contributed by atoms with Crippen LogP contribution in [0.2, 0.25) is 10.0 Å². The van der Waals surface area contributed by atoms with Crippen molar-refractivity contribution in [2.24, 2.45) is 0 Å². The van der Waals surface area contributed by atoms with Gasteiger partial charge in [0.05, 0.1) is 16.3 Å². The number of rotatable bonds is 2. The zero-order valence-electron chi connectivity index (χ0n) is 8.95. The molecule has 18 heavy (non-hydrogen) atoms. The number of benzene rings is 1. The lowest BCUT2D eigenvalue weighted by molar-refractivity contribution is 0.102. The Labute approximate surface area is 122 Å². The van der Waals surface area contributed by atoms with Crippen molar-refractivity contribution < 1.29 is 4.79 Å². The maximum Gasteiger partial charge on any atom is 0.258 e. The minimum Gasteiger partial charge on any atom is -0.321 e. The van der Waals surface area contributed by atoms with Crippen molar-refractivity contribution in [2.45, 2.75) is 0 Å². The van der Waals surface area contributed by atoms with Gasteiger partial charge in [0.1, 0.15) is 0 Å². The molecule has 1 aromatic carbocycles. The Morgan fingerprint density at radius 1 is 1.28 bits per heavy atom. The molecule has 92 valence electrons. The van der Waals surface area contributed by atoms with E-state index in [0.717, 1.165) is 0 Å². The van der Waals surface area contributed by atoms with Gasteiger partial charge >= 0.3 is 0 Å². The maximum absolute atomic E-state index is 12.0. The van der Waals surface area contributed by atoms with E-state index in [1.54, 1.807) is 24.3 Å². The summed E-state index contributed by atoms with van der Waals surface area (Å²) in [5.41, 5.74) is 0.935. The molecule has 0 aliphatic heterocycles. The molecule has 1 aromatic heterocycles. The Morgan fingerprint density at radius 3 is 2.72 bits per heavy atom. The molecule has 0 saturated heterocycles. The van der Waals surface area contributed by atoms with Crippen LogP contribution in [-0.2, 0) is 0 Å². The number of carbonyl (C=O) groups excluding carboxylic acids is 1. The third kappa shape index (κ3) is 3.02. The number of amides is 1. The van der Waals surface area contributed by atoms with E-state index in [9.17, 15) is 4.79 Å². The van der Waals surface area contributed by atoms with Crippen LogP contribution < -0.4 is 5.32 Å². The Hall–Kier alpha value is -1.10. The molecule has 6 heteroatoms. The van der Waals surface area contributed by atoms with Crippen molar-refractivity contribution in [3.63, 3.8) is 0 Å². The average Bonchev–Trinajstić information content (AvgIpc) is 2.33. The van der Waals surface area contributed by atoms with Crippen molar-refractivity contribution in [3.8, 4) is 0 Å². The van der Waals surface area contributed by atoms with Crippen LogP contribution in [0.4, 0.5) is 5.69 Å². The van der Waals surface area contributed by atoms with E-state index >= 15 is 0 Å². The van der Waals surface area contributed by atoms with E-state index in [1.807, 2.05) is 0 Å². The molecule has 3 nitrogen and oxygen atoms in total. The number of anilines is 1. The van der Waals surface area contributed by atoms with Crippen molar-refractivity contribution in [2.75, 3.05) is 5.32 Å². The highest BCUT2D eigenvalue weighted by atomic mass is 79.9. The lowest BCUT2D eigenvalue weighted by Gasteiger charge is -2.08. The number of nitrogens with zero attached hydrogens (tertiary/aromatic N) is 1. The maximum atomic E-state index is 12.0. The van der Waals surface area contributed by atoms with Gasteiger partial charge in [-0.2, -0.15) is 0 Å². The van der Waals surface area contributed by atoms with Crippen molar-refractivity contribution in [1.82, 2.24) is 4.98 Å². The van der Waals surface area contributed by atoms with Crippen LogP contribution in [0.25, 0.3) is 0 Å². The van der Waals surface area contributed by atoms with Gasteiger partial charge in [0.2, 0.25) is 0 Å². The first-order valence-electron chi connectivity index (χ1n) is 4.94. The number of hydrogen-bond acceptors (Lipinski definition) is 2. The average molecular weight is 346 g/mol. The second kappa shape index (κ2) is 5.69. The summed E-state index contributed by atoms with van der Waals surface area (Å²) >= 11 is 15.1. The minimum absolute atomic E-state index is 0.320. The molecular weight excluding hydrogens is 339 g/mol. The summed E-state index contributed by atoms with van der Waals surface area (Å²) < 4.78 is 0.698. The minimum atomic E-state index is -0.323. The first-order chi connectivity index (χ1) is 8.58. The number of hydrogen-bond donors (Lipinski definition) is 1. The smallest absolute Gasteiger partial charge is 0.258 e. The Morgan fingerprint density at radius 2 is 2.06 bits per heavy atom. The molecule has 0 aliphatic rings. The van der Waals surface area contributed by atoms with Crippen LogP contribution >= 0.6 is 39.1 Å². The number of halogens is 3. The molecule has 1 heterocycles. The molecule has 0 bridgehead atoms. The predicted molar refractivity (Wildman–Crippen MR) is 76.4 cm³/mol. The molecule has 0 fully saturated rings. The van der Waals surface area contributed by atoms with Crippen LogP contribution in [0.15, 0.2) is 41.1 Å². The van der Waals surface area contributed by atoms with Gasteiger partial charge < -0.3 is 5.32 Å². The predicted octanol–water partition coefficient (Wildman–Crippen LogP) is 4.40. The van der Waals surface area contributed by atoms with E-state index in [2.05, 4.69) is 26.2 Å². The summed E-state index contributed by atoms with van der Waals surface area (Å²) in [5, 5.41) is 3.66. The molecule has 0 radical (unpaired) electrons. The van der Waals surface area contributed by atoms with Crippen LogP contribution in [0.1, 0.15) is 10.4 Å². The standard InChI is InChI=1S/C12H7BrCl2N2O/c13-9-5-7(14)1-2-11(9)17-12(18)8-6-16-4-3-10(8)15/h1-6H,(H,17,18). The fraction of sp³-hybridized carbons (Fsp3) is 0. The summed E-state index contributed by atoms with van der Waals surface area (Å²) in [4.78, 5) is 15.8. The molecule has 2 rings (SSSR count). The Bertz CT molecular complexity index is 604. The number of carbonyl (C=O) groups is 1. The molecule has 0 spiro atoms. The molecule has 0 saturated carbocycles. The fourth-order valence-electron chi connectivity index (χ4n) is 1.33. The van der Waals surface area contributed by atoms with Crippen molar-refractivity contribution in [1.29, 1.82) is 0 Å².